The van der Waals surface area contributed by atoms with Crippen molar-refractivity contribution in [3.8, 4) is 5.06 Å². The standard InChI is InChI=1S/C20H22BrN3O4S2/c1-12-10-13(4-5-14(12)24-8-9-29-11-16(24)25)22-18(26)20(2,3)23-19(27)28-17-7-6-15(21)30-17/h4-7,10H,8-9,11H2,1-3H3,(H,22,26)(H,23,27). The summed E-state index contributed by atoms with van der Waals surface area (Å²) < 4.78 is 6.04. The van der Waals surface area contributed by atoms with Crippen LogP contribution in [0.3, 0.4) is 0 Å². The predicted octanol–water partition coefficient (Wildman–Crippen LogP) is 4.40. The second-order valence-electron chi connectivity index (χ2n) is 7.25. The van der Waals surface area contributed by atoms with Crippen molar-refractivity contribution in [1.82, 2.24) is 5.32 Å². The van der Waals surface area contributed by atoms with Crippen molar-refractivity contribution in [2.75, 3.05) is 28.3 Å². The van der Waals surface area contributed by atoms with E-state index in [-0.39, 0.29) is 11.8 Å². The lowest BCUT2D eigenvalue weighted by Gasteiger charge is -2.28. The number of thioether (sulfide) groups is 1. The van der Waals surface area contributed by atoms with Crippen molar-refractivity contribution >= 4 is 68.3 Å². The quantitative estimate of drug-likeness (QED) is 0.620. The Balaban J connectivity index is 1.63. The molecule has 7 nitrogen and oxygen atoms in total. The number of hydrogen-bond donors (Lipinski definition) is 2. The molecule has 2 heterocycles. The Hall–Kier alpha value is -2.04. The number of anilines is 2. The number of benzene rings is 1. The first-order valence-corrected chi connectivity index (χ1v) is 12.0. The molecule has 1 aromatic heterocycles. The molecule has 1 aliphatic rings. The molecule has 2 aromatic rings. The van der Waals surface area contributed by atoms with Crippen LogP contribution in [0.15, 0.2) is 34.1 Å². The molecule has 1 saturated heterocycles. The monoisotopic (exact) mass is 511 g/mol. The molecule has 0 unspecified atom stereocenters. The van der Waals surface area contributed by atoms with Gasteiger partial charge in [0.25, 0.3) is 0 Å². The molecule has 0 radical (unpaired) electrons. The lowest BCUT2D eigenvalue weighted by Crippen LogP contribution is -2.53. The smallest absolute Gasteiger partial charge is 0.399 e. The second-order valence-corrected chi connectivity index (χ2v) is 10.8. The number of thiophene rings is 1. The third kappa shape index (κ3) is 5.55. The van der Waals surface area contributed by atoms with Gasteiger partial charge in [-0.25, -0.2) is 4.79 Å². The van der Waals surface area contributed by atoms with Gasteiger partial charge in [-0.05, 0) is 72.6 Å². The largest absolute Gasteiger partial charge is 0.414 e. The van der Waals surface area contributed by atoms with Crippen LogP contribution in [0, 0.1) is 6.92 Å². The topological polar surface area (TPSA) is 87.7 Å². The fraction of sp³-hybridized carbons (Fsp3) is 0.350. The summed E-state index contributed by atoms with van der Waals surface area (Å²) in [5.41, 5.74) is 1.13. The number of rotatable bonds is 5. The van der Waals surface area contributed by atoms with Crippen molar-refractivity contribution in [2.45, 2.75) is 26.3 Å². The zero-order valence-electron chi connectivity index (χ0n) is 16.8. The van der Waals surface area contributed by atoms with Crippen molar-refractivity contribution in [2.24, 2.45) is 0 Å². The number of carbonyl (C=O) groups excluding carboxylic acids is 3. The van der Waals surface area contributed by atoms with Gasteiger partial charge in [0.2, 0.25) is 11.8 Å². The van der Waals surface area contributed by atoms with Crippen molar-refractivity contribution < 1.29 is 19.1 Å². The van der Waals surface area contributed by atoms with Crippen molar-refractivity contribution in [3.05, 3.63) is 39.7 Å². The van der Waals surface area contributed by atoms with E-state index in [0.29, 0.717) is 23.0 Å². The van der Waals surface area contributed by atoms with Gasteiger partial charge in [-0.1, -0.05) is 11.3 Å². The van der Waals surface area contributed by atoms with E-state index in [1.54, 1.807) is 48.7 Å². The van der Waals surface area contributed by atoms with Crippen molar-refractivity contribution in [1.29, 1.82) is 0 Å². The molecule has 0 spiro atoms. The molecule has 160 valence electrons. The maximum absolute atomic E-state index is 12.7. The van der Waals surface area contributed by atoms with E-state index in [9.17, 15) is 14.4 Å². The number of aryl methyl sites for hydroxylation is 1. The van der Waals surface area contributed by atoms with E-state index >= 15 is 0 Å². The molecule has 0 bridgehead atoms. The molecule has 0 saturated carbocycles. The molecule has 1 fully saturated rings. The van der Waals surface area contributed by atoms with Gasteiger partial charge in [0.1, 0.15) is 5.54 Å². The summed E-state index contributed by atoms with van der Waals surface area (Å²) in [4.78, 5) is 38.8. The van der Waals surface area contributed by atoms with Crippen LogP contribution in [0.5, 0.6) is 5.06 Å². The van der Waals surface area contributed by atoms with Gasteiger partial charge >= 0.3 is 6.09 Å². The minimum Gasteiger partial charge on any atom is -0.399 e. The summed E-state index contributed by atoms with van der Waals surface area (Å²) in [5.74, 6) is 1.09. The molecule has 3 amide bonds. The average Bonchev–Trinajstić information content (AvgIpc) is 3.06. The van der Waals surface area contributed by atoms with Gasteiger partial charge in [-0.3, -0.25) is 9.59 Å². The van der Waals surface area contributed by atoms with Gasteiger partial charge in [-0.2, -0.15) is 11.8 Å². The SMILES string of the molecule is Cc1cc(NC(=O)C(C)(C)NC(=O)Oc2ccc(Br)s2)ccc1N1CCSCC1=O. The fourth-order valence-electron chi connectivity index (χ4n) is 2.88. The first kappa shape index (κ1) is 22.6. The number of nitrogens with one attached hydrogen (secondary N) is 2. The number of hydrogen-bond acceptors (Lipinski definition) is 6. The van der Waals surface area contributed by atoms with Gasteiger partial charge < -0.3 is 20.3 Å². The molecule has 1 aromatic carbocycles. The lowest BCUT2D eigenvalue weighted by atomic mass is 10.0. The van der Waals surface area contributed by atoms with Crippen LogP contribution in [0.2, 0.25) is 0 Å². The molecule has 10 heteroatoms. The lowest BCUT2D eigenvalue weighted by molar-refractivity contribution is -0.121. The minimum atomic E-state index is -1.20. The Morgan fingerprint density at radius 1 is 1.23 bits per heavy atom. The van der Waals surface area contributed by atoms with E-state index in [4.69, 9.17) is 4.74 Å². The van der Waals surface area contributed by atoms with Crippen LogP contribution in [0.4, 0.5) is 16.2 Å². The van der Waals surface area contributed by atoms with Crippen LogP contribution in [0.25, 0.3) is 0 Å². The Morgan fingerprint density at radius 3 is 2.63 bits per heavy atom. The van der Waals surface area contributed by atoms with Crippen LogP contribution in [-0.2, 0) is 9.59 Å². The Kier molecular flexibility index (Phi) is 7.10. The highest BCUT2D eigenvalue weighted by molar-refractivity contribution is 9.11. The fourth-order valence-corrected chi connectivity index (χ4v) is 4.86. The first-order chi connectivity index (χ1) is 14.2. The van der Waals surface area contributed by atoms with Crippen LogP contribution < -0.4 is 20.3 Å². The van der Waals surface area contributed by atoms with E-state index in [1.165, 1.54) is 11.3 Å². The van der Waals surface area contributed by atoms with Crippen LogP contribution in [-0.4, -0.2) is 41.5 Å². The summed E-state index contributed by atoms with van der Waals surface area (Å²) >= 11 is 6.21. The molecule has 3 rings (SSSR count). The maximum atomic E-state index is 12.7. The number of halogens is 1. The van der Waals surface area contributed by atoms with E-state index in [0.717, 1.165) is 20.8 Å². The van der Waals surface area contributed by atoms with Gasteiger partial charge in [0.15, 0.2) is 5.06 Å². The van der Waals surface area contributed by atoms with Gasteiger partial charge in [-0.15, -0.1) is 0 Å². The average molecular weight is 512 g/mol. The molecule has 2 N–H and O–H groups in total. The van der Waals surface area contributed by atoms with Crippen LogP contribution >= 0.6 is 39.0 Å². The summed E-state index contributed by atoms with van der Waals surface area (Å²) in [5, 5.41) is 5.82. The third-order valence-corrected chi connectivity index (χ3v) is 6.88. The maximum Gasteiger partial charge on any atom is 0.414 e. The summed E-state index contributed by atoms with van der Waals surface area (Å²) in [6.45, 7) is 5.77. The Labute approximate surface area is 191 Å². The van der Waals surface area contributed by atoms with E-state index < -0.39 is 11.6 Å². The highest BCUT2D eigenvalue weighted by Crippen LogP contribution is 2.29. The first-order valence-electron chi connectivity index (χ1n) is 9.21. The Morgan fingerprint density at radius 2 is 2.00 bits per heavy atom. The van der Waals surface area contributed by atoms with Gasteiger partial charge in [0.05, 0.1) is 9.54 Å². The third-order valence-electron chi connectivity index (χ3n) is 4.46. The van der Waals surface area contributed by atoms with Crippen molar-refractivity contribution in [3.63, 3.8) is 0 Å². The number of ether oxygens (including phenoxy) is 1. The predicted molar refractivity (Wildman–Crippen MR) is 125 cm³/mol. The highest BCUT2D eigenvalue weighted by atomic mass is 79.9. The Bertz CT molecular complexity index is 977. The molecule has 1 aliphatic heterocycles. The zero-order valence-corrected chi connectivity index (χ0v) is 20.0. The zero-order chi connectivity index (χ0) is 21.9. The molecule has 30 heavy (non-hydrogen) atoms. The number of amides is 3. The highest BCUT2D eigenvalue weighted by Gasteiger charge is 2.31. The number of nitrogens with zero attached hydrogens (tertiary/aromatic N) is 1. The van der Waals surface area contributed by atoms with Crippen LogP contribution in [0.1, 0.15) is 19.4 Å². The van der Waals surface area contributed by atoms with E-state index in [1.807, 2.05) is 19.1 Å². The molecular weight excluding hydrogens is 490 g/mol. The molecular formula is C20H22BrN3O4S2. The summed E-state index contributed by atoms with van der Waals surface area (Å²) in [6, 6.07) is 8.85. The van der Waals surface area contributed by atoms with Gasteiger partial charge in [0, 0.05) is 23.7 Å². The number of carbonyl (C=O) groups is 3. The van der Waals surface area contributed by atoms with E-state index in [2.05, 4.69) is 26.6 Å². The normalized spacial score (nSPS) is 14.4. The molecule has 0 atom stereocenters. The second kappa shape index (κ2) is 9.40. The minimum absolute atomic E-state index is 0.0905. The summed E-state index contributed by atoms with van der Waals surface area (Å²) in [6.07, 6.45) is -0.711. The molecule has 0 aliphatic carbocycles. The summed E-state index contributed by atoms with van der Waals surface area (Å²) in [7, 11) is 0.